The second-order valence-electron chi connectivity index (χ2n) is 11.0. The van der Waals surface area contributed by atoms with Gasteiger partial charge in [-0.2, -0.15) is 0 Å². The number of benzene rings is 2. The van der Waals surface area contributed by atoms with Crippen LogP contribution >= 0.6 is 0 Å². The molecule has 0 spiro atoms. The number of unbranched alkanes of at least 4 members (excludes halogenated alkanes) is 3. The quantitative estimate of drug-likeness (QED) is 0.213. The summed E-state index contributed by atoms with van der Waals surface area (Å²) in [4.78, 5) is 0. The van der Waals surface area contributed by atoms with E-state index in [0.717, 1.165) is 18.1 Å². The highest BCUT2D eigenvalue weighted by atomic mass is 16.5. The SMILES string of the molecule is CCC=CCC1CCCCC1c1ccc(C(C)(C)CCCCCC)cc1OCc1ccccc1. The van der Waals surface area contributed by atoms with E-state index in [1.54, 1.807) is 0 Å². The molecule has 2 aromatic carbocycles. The fraction of sp³-hybridized carbons (Fsp3) is 0.576. The maximum Gasteiger partial charge on any atom is 0.123 e. The second-order valence-corrected chi connectivity index (χ2v) is 11.0. The molecule has 34 heavy (non-hydrogen) atoms. The van der Waals surface area contributed by atoms with Gasteiger partial charge in [0, 0.05) is 0 Å². The molecule has 1 aliphatic carbocycles. The van der Waals surface area contributed by atoms with Crippen molar-refractivity contribution in [2.75, 3.05) is 0 Å². The predicted octanol–water partition coefficient (Wildman–Crippen LogP) is 10.1. The molecule has 1 saturated carbocycles. The van der Waals surface area contributed by atoms with E-state index in [0.29, 0.717) is 12.5 Å². The molecule has 1 fully saturated rings. The summed E-state index contributed by atoms with van der Waals surface area (Å²) < 4.78 is 6.61. The van der Waals surface area contributed by atoms with Crippen LogP contribution in [0.2, 0.25) is 0 Å². The maximum atomic E-state index is 6.61. The topological polar surface area (TPSA) is 9.23 Å². The number of allylic oxidation sites excluding steroid dienone is 2. The molecule has 186 valence electrons. The molecule has 0 heterocycles. The van der Waals surface area contributed by atoms with Crippen LogP contribution in [-0.2, 0) is 12.0 Å². The lowest BCUT2D eigenvalue weighted by atomic mass is 9.72. The van der Waals surface area contributed by atoms with Gasteiger partial charge in [0.2, 0.25) is 0 Å². The van der Waals surface area contributed by atoms with Crippen molar-refractivity contribution in [2.24, 2.45) is 5.92 Å². The molecule has 2 atom stereocenters. The molecule has 0 amide bonds. The van der Waals surface area contributed by atoms with Crippen LogP contribution in [0.25, 0.3) is 0 Å². The van der Waals surface area contributed by atoms with Gasteiger partial charge >= 0.3 is 0 Å². The summed E-state index contributed by atoms with van der Waals surface area (Å²) in [6.45, 7) is 9.98. The van der Waals surface area contributed by atoms with Gasteiger partial charge in [-0.05, 0) is 72.1 Å². The largest absolute Gasteiger partial charge is 0.489 e. The van der Waals surface area contributed by atoms with E-state index >= 15 is 0 Å². The Kier molecular flexibility index (Phi) is 10.8. The average Bonchev–Trinajstić information content (AvgIpc) is 2.86. The molecule has 1 nitrogen and oxygen atoms in total. The van der Waals surface area contributed by atoms with Crippen molar-refractivity contribution in [2.45, 2.75) is 116 Å². The minimum absolute atomic E-state index is 0.174. The van der Waals surface area contributed by atoms with E-state index in [4.69, 9.17) is 4.74 Å². The van der Waals surface area contributed by atoms with Crippen LogP contribution in [-0.4, -0.2) is 0 Å². The summed E-state index contributed by atoms with van der Waals surface area (Å²) in [7, 11) is 0. The van der Waals surface area contributed by atoms with Crippen LogP contribution in [0.5, 0.6) is 5.75 Å². The first-order valence-corrected chi connectivity index (χ1v) is 14.0. The minimum atomic E-state index is 0.174. The van der Waals surface area contributed by atoms with Gasteiger partial charge in [-0.1, -0.05) is 121 Å². The molecule has 0 bridgehead atoms. The van der Waals surface area contributed by atoms with Crippen LogP contribution in [0.4, 0.5) is 0 Å². The first-order valence-electron chi connectivity index (χ1n) is 14.0. The van der Waals surface area contributed by atoms with E-state index in [-0.39, 0.29) is 5.41 Å². The Morgan fingerprint density at radius 3 is 2.47 bits per heavy atom. The number of hydrogen-bond donors (Lipinski definition) is 0. The summed E-state index contributed by atoms with van der Waals surface area (Å²) in [5.41, 5.74) is 4.28. The van der Waals surface area contributed by atoms with Crippen molar-refractivity contribution in [3.8, 4) is 5.75 Å². The third-order valence-corrected chi connectivity index (χ3v) is 7.84. The van der Waals surface area contributed by atoms with Gasteiger partial charge in [-0.3, -0.25) is 0 Å². The van der Waals surface area contributed by atoms with Gasteiger partial charge in [-0.15, -0.1) is 0 Å². The molecular formula is C33H48O. The van der Waals surface area contributed by atoms with Crippen molar-refractivity contribution in [1.29, 1.82) is 0 Å². The second kappa shape index (κ2) is 13.8. The van der Waals surface area contributed by atoms with Crippen LogP contribution < -0.4 is 4.74 Å². The average molecular weight is 461 g/mol. The molecule has 1 aliphatic rings. The van der Waals surface area contributed by atoms with E-state index in [1.165, 1.54) is 80.9 Å². The lowest BCUT2D eigenvalue weighted by molar-refractivity contribution is 0.274. The third kappa shape index (κ3) is 7.76. The summed E-state index contributed by atoms with van der Waals surface area (Å²) in [5.74, 6) is 2.45. The van der Waals surface area contributed by atoms with E-state index < -0.39 is 0 Å². The van der Waals surface area contributed by atoms with Crippen LogP contribution in [0, 0.1) is 5.92 Å². The zero-order valence-corrected chi connectivity index (χ0v) is 22.3. The number of rotatable bonds is 13. The monoisotopic (exact) mass is 460 g/mol. The summed E-state index contributed by atoms with van der Waals surface area (Å²) in [6.07, 6.45) is 18.9. The van der Waals surface area contributed by atoms with E-state index in [1.807, 2.05) is 0 Å². The lowest BCUT2D eigenvalue weighted by Crippen LogP contribution is -2.20. The Morgan fingerprint density at radius 2 is 1.71 bits per heavy atom. The first-order chi connectivity index (χ1) is 16.5. The molecule has 2 unspecified atom stereocenters. The van der Waals surface area contributed by atoms with Gasteiger partial charge in [0.05, 0.1) is 0 Å². The lowest BCUT2D eigenvalue weighted by Gasteiger charge is -2.34. The number of hydrogen-bond acceptors (Lipinski definition) is 1. The van der Waals surface area contributed by atoms with Crippen LogP contribution in [0.3, 0.4) is 0 Å². The zero-order chi connectivity index (χ0) is 24.2. The van der Waals surface area contributed by atoms with Gasteiger partial charge in [-0.25, -0.2) is 0 Å². The highest BCUT2D eigenvalue weighted by Crippen LogP contribution is 2.45. The maximum absolute atomic E-state index is 6.61. The van der Waals surface area contributed by atoms with Crippen LogP contribution in [0.15, 0.2) is 60.7 Å². The predicted molar refractivity (Wildman–Crippen MR) is 148 cm³/mol. The molecule has 1 heteroatoms. The van der Waals surface area contributed by atoms with Crippen molar-refractivity contribution in [3.63, 3.8) is 0 Å². The molecule has 3 rings (SSSR count). The normalized spacial score (nSPS) is 18.9. The van der Waals surface area contributed by atoms with Gasteiger partial charge in [0.15, 0.2) is 0 Å². The van der Waals surface area contributed by atoms with Crippen molar-refractivity contribution < 1.29 is 4.74 Å². The van der Waals surface area contributed by atoms with Crippen molar-refractivity contribution in [3.05, 3.63) is 77.4 Å². The molecule has 0 radical (unpaired) electrons. The minimum Gasteiger partial charge on any atom is -0.489 e. The smallest absolute Gasteiger partial charge is 0.123 e. The van der Waals surface area contributed by atoms with Crippen molar-refractivity contribution >= 4 is 0 Å². The Morgan fingerprint density at radius 1 is 0.912 bits per heavy atom. The summed E-state index contributed by atoms with van der Waals surface area (Å²) in [5, 5.41) is 0. The first kappa shape index (κ1) is 26.6. The standard InChI is InChI=1S/C33H48O/c1-5-7-9-16-24-33(3,4)29-22-23-31(30-21-15-14-20-28(30)19-11-8-6-2)32(25-29)34-26-27-17-12-10-13-18-27/h8,10-13,17-18,22-23,25,28,30H,5-7,9,14-16,19-21,24,26H2,1-4H3. The molecular weight excluding hydrogens is 412 g/mol. The molecule has 0 N–H and O–H groups in total. The fourth-order valence-electron chi connectivity index (χ4n) is 5.60. The zero-order valence-electron chi connectivity index (χ0n) is 22.3. The van der Waals surface area contributed by atoms with Gasteiger partial charge < -0.3 is 4.74 Å². The molecule has 0 aromatic heterocycles. The highest BCUT2D eigenvalue weighted by molar-refractivity contribution is 5.43. The summed E-state index contributed by atoms with van der Waals surface area (Å²) in [6, 6.07) is 17.9. The Hall–Kier alpha value is -2.02. The Balaban J connectivity index is 1.86. The molecule has 2 aromatic rings. The van der Waals surface area contributed by atoms with Crippen molar-refractivity contribution in [1.82, 2.24) is 0 Å². The van der Waals surface area contributed by atoms with E-state index in [2.05, 4.69) is 88.4 Å². The Bertz CT molecular complexity index is 863. The van der Waals surface area contributed by atoms with E-state index in [9.17, 15) is 0 Å². The third-order valence-electron chi connectivity index (χ3n) is 7.84. The Labute approximate surface area is 210 Å². The number of ether oxygens (including phenoxy) is 1. The summed E-state index contributed by atoms with van der Waals surface area (Å²) >= 11 is 0. The fourth-order valence-corrected chi connectivity index (χ4v) is 5.60. The molecule has 0 saturated heterocycles. The van der Waals surface area contributed by atoms with Crippen LogP contribution in [0.1, 0.15) is 121 Å². The van der Waals surface area contributed by atoms with Gasteiger partial charge in [0.1, 0.15) is 12.4 Å². The molecule has 0 aliphatic heterocycles. The van der Waals surface area contributed by atoms with Gasteiger partial charge in [0.25, 0.3) is 0 Å². The highest BCUT2D eigenvalue weighted by Gasteiger charge is 2.29.